The molecular weight excluding hydrogens is 272 g/mol. The van der Waals surface area contributed by atoms with Gasteiger partial charge < -0.3 is 4.90 Å². The number of amides is 1. The van der Waals surface area contributed by atoms with E-state index in [0.717, 1.165) is 31.5 Å². The van der Waals surface area contributed by atoms with Gasteiger partial charge in [-0.25, -0.2) is 0 Å². The fourth-order valence-electron chi connectivity index (χ4n) is 3.44. The molecule has 0 aliphatic carbocycles. The zero-order valence-electron chi connectivity index (χ0n) is 14.0. The van der Waals surface area contributed by atoms with Gasteiger partial charge in [-0.15, -0.1) is 0 Å². The number of benzene rings is 1. The molecule has 1 unspecified atom stereocenters. The SMILES string of the molecule is Cc1cc(C)c(CC(C#N)C(=O)N2CCCCCC2)c(C)c1. The van der Waals surface area contributed by atoms with Crippen LogP contribution in [0.2, 0.25) is 0 Å². The van der Waals surface area contributed by atoms with Crippen LogP contribution in [0.3, 0.4) is 0 Å². The van der Waals surface area contributed by atoms with Gasteiger partial charge in [0.2, 0.25) is 5.91 Å². The quantitative estimate of drug-likeness (QED) is 0.854. The second-order valence-electron chi connectivity index (χ2n) is 6.50. The number of aryl methyl sites for hydroxylation is 3. The average Bonchev–Trinajstić information content (AvgIpc) is 2.75. The summed E-state index contributed by atoms with van der Waals surface area (Å²) in [5.41, 5.74) is 4.74. The van der Waals surface area contributed by atoms with Crippen LogP contribution in [0.4, 0.5) is 0 Å². The van der Waals surface area contributed by atoms with Gasteiger partial charge in [-0.2, -0.15) is 5.26 Å². The Labute approximate surface area is 133 Å². The first kappa shape index (κ1) is 16.5. The largest absolute Gasteiger partial charge is 0.342 e. The average molecular weight is 298 g/mol. The van der Waals surface area contributed by atoms with Crippen LogP contribution in [0.25, 0.3) is 0 Å². The summed E-state index contributed by atoms with van der Waals surface area (Å²) in [5.74, 6) is -0.540. The Morgan fingerprint density at radius 2 is 1.68 bits per heavy atom. The molecule has 1 atom stereocenters. The second kappa shape index (κ2) is 7.45. The van der Waals surface area contributed by atoms with E-state index in [1.165, 1.54) is 29.5 Å². The van der Waals surface area contributed by atoms with Gasteiger partial charge >= 0.3 is 0 Å². The number of hydrogen-bond acceptors (Lipinski definition) is 2. The Bertz CT molecular complexity index is 555. The van der Waals surface area contributed by atoms with E-state index >= 15 is 0 Å². The van der Waals surface area contributed by atoms with Gasteiger partial charge in [0.05, 0.1) is 6.07 Å². The monoisotopic (exact) mass is 298 g/mol. The molecule has 3 heteroatoms. The van der Waals surface area contributed by atoms with Crippen LogP contribution >= 0.6 is 0 Å². The molecule has 1 saturated heterocycles. The zero-order chi connectivity index (χ0) is 16.1. The minimum absolute atomic E-state index is 0.0174. The molecule has 1 aliphatic rings. The Kier molecular flexibility index (Phi) is 5.60. The van der Waals surface area contributed by atoms with E-state index in [0.29, 0.717) is 6.42 Å². The molecule has 1 aliphatic heterocycles. The predicted molar refractivity (Wildman–Crippen MR) is 88.5 cm³/mol. The third-order valence-electron chi connectivity index (χ3n) is 4.62. The number of carbonyl (C=O) groups is 1. The van der Waals surface area contributed by atoms with Crippen molar-refractivity contribution in [3.05, 3.63) is 34.4 Å². The van der Waals surface area contributed by atoms with Crippen molar-refractivity contribution in [1.82, 2.24) is 4.90 Å². The van der Waals surface area contributed by atoms with Crippen molar-refractivity contribution >= 4 is 5.91 Å². The van der Waals surface area contributed by atoms with Crippen LogP contribution in [-0.4, -0.2) is 23.9 Å². The number of carbonyl (C=O) groups excluding carboxylic acids is 1. The summed E-state index contributed by atoms with van der Waals surface area (Å²) < 4.78 is 0. The first-order valence-electron chi connectivity index (χ1n) is 8.28. The second-order valence-corrected chi connectivity index (χ2v) is 6.50. The van der Waals surface area contributed by atoms with Crippen LogP contribution in [0.15, 0.2) is 12.1 Å². The first-order chi connectivity index (χ1) is 10.5. The van der Waals surface area contributed by atoms with Crippen molar-refractivity contribution < 1.29 is 4.79 Å². The number of hydrogen-bond donors (Lipinski definition) is 0. The molecule has 2 rings (SSSR count). The van der Waals surface area contributed by atoms with E-state index in [-0.39, 0.29) is 5.91 Å². The lowest BCUT2D eigenvalue weighted by molar-refractivity contribution is -0.133. The number of rotatable bonds is 3. The highest BCUT2D eigenvalue weighted by molar-refractivity contribution is 5.81. The Balaban J connectivity index is 2.15. The summed E-state index contributed by atoms with van der Waals surface area (Å²) in [6.07, 6.45) is 5.04. The van der Waals surface area contributed by atoms with E-state index in [4.69, 9.17) is 0 Å². The van der Waals surface area contributed by atoms with Gasteiger partial charge in [-0.1, -0.05) is 30.5 Å². The fourth-order valence-corrected chi connectivity index (χ4v) is 3.44. The van der Waals surface area contributed by atoms with Gasteiger partial charge in [0.1, 0.15) is 5.92 Å². The van der Waals surface area contributed by atoms with Crippen LogP contribution in [0, 0.1) is 38.0 Å². The van der Waals surface area contributed by atoms with Crippen molar-refractivity contribution in [2.24, 2.45) is 5.92 Å². The summed E-state index contributed by atoms with van der Waals surface area (Å²) in [4.78, 5) is 14.6. The molecule has 1 aromatic rings. The topological polar surface area (TPSA) is 44.1 Å². The van der Waals surface area contributed by atoms with E-state index in [1.54, 1.807) is 0 Å². The molecule has 0 bridgehead atoms. The first-order valence-corrected chi connectivity index (χ1v) is 8.28. The molecule has 1 amide bonds. The standard InChI is InChI=1S/C19H26N2O/c1-14-10-15(2)18(16(3)11-14)12-17(13-20)19(22)21-8-6-4-5-7-9-21/h10-11,17H,4-9,12H2,1-3H3. The lowest BCUT2D eigenvalue weighted by Crippen LogP contribution is -2.37. The minimum atomic E-state index is -0.557. The Morgan fingerprint density at radius 1 is 1.14 bits per heavy atom. The van der Waals surface area contributed by atoms with Crippen molar-refractivity contribution in [3.63, 3.8) is 0 Å². The van der Waals surface area contributed by atoms with Crippen molar-refractivity contribution in [1.29, 1.82) is 5.26 Å². The van der Waals surface area contributed by atoms with Gasteiger partial charge in [0, 0.05) is 13.1 Å². The summed E-state index contributed by atoms with van der Waals surface area (Å²) in [6.45, 7) is 7.83. The summed E-state index contributed by atoms with van der Waals surface area (Å²) >= 11 is 0. The number of nitrogens with zero attached hydrogens (tertiary/aromatic N) is 2. The fraction of sp³-hybridized carbons (Fsp3) is 0.579. The summed E-state index contributed by atoms with van der Waals surface area (Å²) in [7, 11) is 0. The van der Waals surface area contributed by atoms with E-state index in [2.05, 4.69) is 39.0 Å². The van der Waals surface area contributed by atoms with Crippen molar-refractivity contribution in [2.75, 3.05) is 13.1 Å². The van der Waals surface area contributed by atoms with Crippen LogP contribution in [0.5, 0.6) is 0 Å². The lowest BCUT2D eigenvalue weighted by Gasteiger charge is -2.23. The highest BCUT2D eigenvalue weighted by Crippen LogP contribution is 2.22. The highest BCUT2D eigenvalue weighted by Gasteiger charge is 2.26. The maximum absolute atomic E-state index is 12.7. The molecule has 1 aromatic carbocycles. The molecule has 0 N–H and O–H groups in total. The third kappa shape index (κ3) is 3.88. The molecular formula is C19H26N2O. The highest BCUT2D eigenvalue weighted by atomic mass is 16.2. The van der Waals surface area contributed by atoms with Crippen molar-refractivity contribution in [3.8, 4) is 6.07 Å². The van der Waals surface area contributed by atoms with Gasteiger partial charge in [-0.05, 0) is 56.7 Å². The zero-order valence-corrected chi connectivity index (χ0v) is 14.0. The van der Waals surface area contributed by atoms with Crippen LogP contribution in [0.1, 0.15) is 47.9 Å². The Hall–Kier alpha value is -1.82. The Morgan fingerprint density at radius 3 is 2.18 bits per heavy atom. The molecule has 1 fully saturated rings. The molecule has 118 valence electrons. The van der Waals surface area contributed by atoms with Crippen molar-refractivity contribution in [2.45, 2.75) is 52.9 Å². The van der Waals surface area contributed by atoms with Gasteiger partial charge in [0.25, 0.3) is 0 Å². The normalized spacial score (nSPS) is 16.7. The number of nitriles is 1. The molecule has 0 radical (unpaired) electrons. The van der Waals surface area contributed by atoms with Crippen LogP contribution < -0.4 is 0 Å². The molecule has 3 nitrogen and oxygen atoms in total. The summed E-state index contributed by atoms with van der Waals surface area (Å²) in [5, 5.41) is 9.50. The molecule has 22 heavy (non-hydrogen) atoms. The molecule has 0 spiro atoms. The minimum Gasteiger partial charge on any atom is -0.342 e. The maximum Gasteiger partial charge on any atom is 0.240 e. The molecule has 0 saturated carbocycles. The molecule has 0 aromatic heterocycles. The van der Waals surface area contributed by atoms with E-state index < -0.39 is 5.92 Å². The smallest absolute Gasteiger partial charge is 0.240 e. The van der Waals surface area contributed by atoms with E-state index in [9.17, 15) is 10.1 Å². The third-order valence-corrected chi connectivity index (χ3v) is 4.62. The van der Waals surface area contributed by atoms with E-state index in [1.807, 2.05) is 4.90 Å². The van der Waals surface area contributed by atoms with Crippen LogP contribution in [-0.2, 0) is 11.2 Å². The number of likely N-dealkylation sites (tertiary alicyclic amines) is 1. The maximum atomic E-state index is 12.7. The lowest BCUT2D eigenvalue weighted by atomic mass is 9.91. The van der Waals surface area contributed by atoms with Gasteiger partial charge in [0.15, 0.2) is 0 Å². The summed E-state index contributed by atoms with van der Waals surface area (Å²) in [6, 6.07) is 6.51. The predicted octanol–water partition coefficient (Wildman–Crippen LogP) is 3.70. The molecule has 1 heterocycles. The van der Waals surface area contributed by atoms with Gasteiger partial charge in [-0.3, -0.25) is 4.79 Å².